The van der Waals surface area contributed by atoms with E-state index in [2.05, 4.69) is 13.8 Å². The summed E-state index contributed by atoms with van der Waals surface area (Å²) >= 11 is 0. The summed E-state index contributed by atoms with van der Waals surface area (Å²) in [5.41, 5.74) is -0.221. The van der Waals surface area contributed by atoms with Crippen molar-refractivity contribution in [3.63, 3.8) is 0 Å². The number of ether oxygens (including phenoxy) is 1. The third-order valence-corrected chi connectivity index (χ3v) is 9.25. The van der Waals surface area contributed by atoms with Crippen molar-refractivity contribution in [3.8, 4) is 0 Å². The smallest absolute Gasteiger partial charge is 0.306 e. The Morgan fingerprint density at radius 3 is 2.52 bits per heavy atom. The minimum Gasteiger partial charge on any atom is -0.450 e. The standard InChI is InChI=1S/C24H34O5/c1-4-21(28)29-24(20(27)14-25)12-9-19-17-6-5-15-13-16(26)7-10-22(15,2)18(17)8-11-23(19,24)3/h13,17-19,25H,4-12,14H2,1-3H3/t17-,18+,19?,22+,23+,24+/m1/s1. The van der Waals surface area contributed by atoms with E-state index in [9.17, 15) is 19.5 Å². The van der Waals surface area contributed by atoms with Crippen molar-refractivity contribution in [2.45, 2.75) is 84.2 Å². The second-order valence-corrected chi connectivity index (χ2v) is 10.2. The summed E-state index contributed by atoms with van der Waals surface area (Å²) < 4.78 is 5.89. The number of hydrogen-bond donors (Lipinski definition) is 1. The van der Waals surface area contributed by atoms with Crippen LogP contribution in [-0.2, 0) is 19.1 Å². The van der Waals surface area contributed by atoms with Gasteiger partial charge in [-0.25, -0.2) is 0 Å². The quantitative estimate of drug-likeness (QED) is 0.724. The summed E-state index contributed by atoms with van der Waals surface area (Å²) in [4.78, 5) is 37.2. The number of carbonyl (C=O) groups excluding carboxylic acids is 3. The van der Waals surface area contributed by atoms with Crippen LogP contribution in [0.3, 0.4) is 0 Å². The van der Waals surface area contributed by atoms with E-state index < -0.39 is 17.6 Å². The van der Waals surface area contributed by atoms with Gasteiger partial charge < -0.3 is 9.84 Å². The first-order valence-electron chi connectivity index (χ1n) is 11.3. The minimum atomic E-state index is -1.19. The van der Waals surface area contributed by atoms with Crippen molar-refractivity contribution in [1.29, 1.82) is 0 Å². The molecule has 6 atom stereocenters. The lowest BCUT2D eigenvalue weighted by molar-refractivity contribution is -0.191. The van der Waals surface area contributed by atoms with Gasteiger partial charge in [0.1, 0.15) is 6.61 Å². The SMILES string of the molecule is CCC(=O)O[C@]1(C(=O)CO)CCC2[C@@H]3CCC4=CC(=O)CC[C@]4(C)[C@H]3CC[C@@]21C. The lowest BCUT2D eigenvalue weighted by atomic mass is 9.46. The maximum Gasteiger partial charge on any atom is 0.306 e. The molecular formula is C24H34O5. The predicted molar refractivity (Wildman–Crippen MR) is 108 cm³/mol. The lowest BCUT2D eigenvalue weighted by Crippen LogP contribution is -2.59. The van der Waals surface area contributed by atoms with Crippen LogP contribution in [-0.4, -0.2) is 34.9 Å². The number of aliphatic hydroxyl groups excluding tert-OH is 1. The van der Waals surface area contributed by atoms with Gasteiger partial charge in [0.15, 0.2) is 11.4 Å². The van der Waals surface area contributed by atoms with Gasteiger partial charge in [-0.2, -0.15) is 0 Å². The number of ketones is 2. The highest BCUT2D eigenvalue weighted by Gasteiger charge is 2.68. The van der Waals surface area contributed by atoms with E-state index in [1.165, 1.54) is 5.57 Å². The molecule has 3 saturated carbocycles. The van der Waals surface area contributed by atoms with E-state index >= 15 is 0 Å². The fourth-order valence-corrected chi connectivity index (χ4v) is 7.63. The van der Waals surface area contributed by atoms with Crippen LogP contribution in [0.1, 0.15) is 78.6 Å². The minimum absolute atomic E-state index is 0.0739. The second kappa shape index (κ2) is 7.04. The molecule has 4 rings (SSSR count). The molecule has 0 aromatic heterocycles. The van der Waals surface area contributed by atoms with Gasteiger partial charge in [-0.15, -0.1) is 0 Å². The molecule has 0 aliphatic heterocycles. The molecule has 29 heavy (non-hydrogen) atoms. The molecule has 0 spiro atoms. The lowest BCUT2D eigenvalue weighted by Gasteiger charge is -2.59. The zero-order valence-electron chi connectivity index (χ0n) is 18.0. The number of Topliss-reactive ketones (excluding diaryl/α,β-unsaturated/α-hetero) is 1. The number of allylic oxidation sites excluding steroid dienone is 1. The number of carbonyl (C=O) groups is 3. The molecule has 0 aromatic carbocycles. The highest BCUT2D eigenvalue weighted by molar-refractivity contribution is 5.92. The zero-order chi connectivity index (χ0) is 21.0. The Labute approximate surface area is 173 Å². The molecule has 0 saturated heterocycles. The highest BCUT2D eigenvalue weighted by atomic mass is 16.6. The summed E-state index contributed by atoms with van der Waals surface area (Å²) in [7, 11) is 0. The van der Waals surface area contributed by atoms with Gasteiger partial charge >= 0.3 is 5.97 Å². The molecule has 0 bridgehead atoms. The molecule has 1 N–H and O–H groups in total. The first kappa shape index (κ1) is 20.8. The maximum absolute atomic E-state index is 13.0. The molecular weight excluding hydrogens is 368 g/mol. The summed E-state index contributed by atoms with van der Waals surface area (Å²) in [6, 6.07) is 0. The molecule has 4 aliphatic carbocycles. The van der Waals surface area contributed by atoms with Crippen molar-refractivity contribution >= 4 is 17.5 Å². The summed E-state index contributed by atoms with van der Waals surface area (Å²) in [6.45, 7) is 5.61. The number of esters is 1. The van der Waals surface area contributed by atoms with Gasteiger partial charge in [0.2, 0.25) is 5.78 Å². The maximum atomic E-state index is 13.0. The van der Waals surface area contributed by atoms with Gasteiger partial charge in [-0.3, -0.25) is 14.4 Å². The number of fused-ring (bicyclic) bond motifs is 5. The molecule has 0 aromatic rings. The number of hydrogen-bond acceptors (Lipinski definition) is 5. The Morgan fingerprint density at radius 2 is 1.83 bits per heavy atom. The predicted octanol–water partition coefficient (Wildman–Crippen LogP) is 3.77. The van der Waals surface area contributed by atoms with Crippen LogP contribution in [0, 0.1) is 28.6 Å². The molecule has 1 unspecified atom stereocenters. The monoisotopic (exact) mass is 402 g/mol. The van der Waals surface area contributed by atoms with E-state index in [-0.39, 0.29) is 29.4 Å². The average Bonchev–Trinajstić information content (AvgIpc) is 3.01. The Morgan fingerprint density at radius 1 is 1.10 bits per heavy atom. The molecule has 5 heteroatoms. The van der Waals surface area contributed by atoms with E-state index in [4.69, 9.17) is 4.74 Å². The van der Waals surface area contributed by atoms with E-state index in [0.29, 0.717) is 30.6 Å². The van der Waals surface area contributed by atoms with Crippen LogP contribution in [0.15, 0.2) is 11.6 Å². The fraction of sp³-hybridized carbons (Fsp3) is 0.792. The van der Waals surface area contributed by atoms with Crippen LogP contribution in [0.5, 0.6) is 0 Å². The van der Waals surface area contributed by atoms with Gasteiger partial charge in [0.25, 0.3) is 0 Å². The molecule has 5 nitrogen and oxygen atoms in total. The van der Waals surface area contributed by atoms with Crippen molar-refractivity contribution in [3.05, 3.63) is 11.6 Å². The second-order valence-electron chi connectivity index (χ2n) is 10.2. The third kappa shape index (κ3) is 2.79. The first-order chi connectivity index (χ1) is 13.7. The molecule has 3 fully saturated rings. The number of rotatable bonds is 4. The number of aliphatic hydroxyl groups is 1. The Kier molecular flexibility index (Phi) is 5.04. The third-order valence-electron chi connectivity index (χ3n) is 9.25. The molecule has 0 heterocycles. The zero-order valence-corrected chi connectivity index (χ0v) is 18.0. The molecule has 0 amide bonds. The van der Waals surface area contributed by atoms with E-state index in [1.807, 2.05) is 6.08 Å². The van der Waals surface area contributed by atoms with E-state index in [0.717, 1.165) is 38.5 Å². The van der Waals surface area contributed by atoms with Crippen molar-refractivity contribution < 1.29 is 24.2 Å². The normalized spacial score (nSPS) is 43.7. The van der Waals surface area contributed by atoms with Crippen molar-refractivity contribution in [2.24, 2.45) is 28.6 Å². The Hall–Kier alpha value is -1.49. The molecule has 0 radical (unpaired) electrons. The van der Waals surface area contributed by atoms with Gasteiger partial charge in [0, 0.05) is 18.3 Å². The summed E-state index contributed by atoms with van der Waals surface area (Å²) in [6.07, 6.45) is 8.84. The van der Waals surface area contributed by atoms with Crippen LogP contribution >= 0.6 is 0 Å². The average molecular weight is 403 g/mol. The Balaban J connectivity index is 1.69. The van der Waals surface area contributed by atoms with Crippen LogP contribution in [0.4, 0.5) is 0 Å². The van der Waals surface area contributed by atoms with Crippen molar-refractivity contribution in [1.82, 2.24) is 0 Å². The van der Waals surface area contributed by atoms with Crippen LogP contribution in [0.25, 0.3) is 0 Å². The first-order valence-corrected chi connectivity index (χ1v) is 11.3. The highest BCUT2D eigenvalue weighted by Crippen LogP contribution is 2.68. The van der Waals surface area contributed by atoms with Crippen LogP contribution < -0.4 is 0 Å². The summed E-state index contributed by atoms with van der Waals surface area (Å²) in [5, 5.41) is 9.72. The van der Waals surface area contributed by atoms with Gasteiger partial charge in [-0.05, 0) is 74.2 Å². The molecule has 160 valence electrons. The summed E-state index contributed by atoms with van der Waals surface area (Å²) in [5.74, 6) is 0.846. The fourth-order valence-electron chi connectivity index (χ4n) is 7.63. The van der Waals surface area contributed by atoms with Crippen molar-refractivity contribution in [2.75, 3.05) is 6.61 Å². The van der Waals surface area contributed by atoms with Gasteiger partial charge in [0.05, 0.1) is 0 Å². The molecule has 4 aliphatic rings. The van der Waals surface area contributed by atoms with Gasteiger partial charge in [-0.1, -0.05) is 26.3 Å². The van der Waals surface area contributed by atoms with E-state index in [1.54, 1.807) is 6.92 Å². The largest absolute Gasteiger partial charge is 0.450 e. The topological polar surface area (TPSA) is 80.7 Å². The Bertz CT molecular complexity index is 769. The van der Waals surface area contributed by atoms with Crippen LogP contribution in [0.2, 0.25) is 0 Å².